The average molecular weight is 366 g/mol. The molecule has 0 bridgehead atoms. The molecule has 1 aromatic rings. The van der Waals surface area contributed by atoms with Gasteiger partial charge >= 0.3 is 0 Å². The van der Waals surface area contributed by atoms with Crippen molar-refractivity contribution in [1.29, 1.82) is 0 Å². The van der Waals surface area contributed by atoms with E-state index in [0.29, 0.717) is 24.8 Å². The van der Waals surface area contributed by atoms with Crippen molar-refractivity contribution in [2.24, 2.45) is 11.5 Å². The quantitative estimate of drug-likeness (QED) is 0.444. The molecule has 144 valence electrons. The van der Waals surface area contributed by atoms with E-state index in [1.807, 2.05) is 0 Å². The SMILES string of the molecule is CCC(=O)C(CCN)NC(=O)CNC(=O)C(CCN)c1ccc(F)cc1. The van der Waals surface area contributed by atoms with E-state index in [9.17, 15) is 18.8 Å². The van der Waals surface area contributed by atoms with E-state index in [2.05, 4.69) is 10.6 Å². The molecule has 0 aromatic heterocycles. The summed E-state index contributed by atoms with van der Waals surface area (Å²) in [5, 5.41) is 5.13. The van der Waals surface area contributed by atoms with Gasteiger partial charge in [-0.3, -0.25) is 14.4 Å². The molecule has 8 heteroatoms. The van der Waals surface area contributed by atoms with Crippen LogP contribution in [0.2, 0.25) is 0 Å². The highest BCUT2D eigenvalue weighted by Crippen LogP contribution is 2.19. The van der Waals surface area contributed by atoms with Gasteiger partial charge in [0.05, 0.1) is 18.5 Å². The number of benzene rings is 1. The lowest BCUT2D eigenvalue weighted by Crippen LogP contribution is -2.46. The van der Waals surface area contributed by atoms with Crippen LogP contribution in [-0.4, -0.2) is 43.3 Å². The predicted octanol–water partition coefficient (Wildman–Crippen LogP) is 0.187. The standard InChI is InChI=1S/C18H27FN4O3/c1-2-16(24)15(8-10-21)23-17(25)11-22-18(26)14(7-9-20)12-3-5-13(19)6-4-12/h3-6,14-15H,2,7-11,20-21H2,1H3,(H,22,26)(H,23,25). The topological polar surface area (TPSA) is 127 Å². The third-order valence-electron chi connectivity index (χ3n) is 4.00. The maximum atomic E-state index is 13.1. The molecule has 0 spiro atoms. The van der Waals surface area contributed by atoms with Crippen molar-refractivity contribution in [1.82, 2.24) is 10.6 Å². The van der Waals surface area contributed by atoms with Crippen LogP contribution in [0.15, 0.2) is 24.3 Å². The number of amides is 2. The molecule has 26 heavy (non-hydrogen) atoms. The van der Waals surface area contributed by atoms with Crippen molar-refractivity contribution in [2.75, 3.05) is 19.6 Å². The molecule has 0 aliphatic heterocycles. The minimum absolute atomic E-state index is 0.109. The normalized spacial score (nSPS) is 12.9. The first-order chi connectivity index (χ1) is 12.4. The Morgan fingerprint density at radius 1 is 1.08 bits per heavy atom. The van der Waals surface area contributed by atoms with Gasteiger partial charge in [0, 0.05) is 6.42 Å². The third kappa shape index (κ3) is 6.89. The zero-order valence-electron chi connectivity index (χ0n) is 15.0. The smallest absolute Gasteiger partial charge is 0.239 e. The number of ketones is 1. The molecular weight excluding hydrogens is 339 g/mol. The highest BCUT2D eigenvalue weighted by molar-refractivity contribution is 5.92. The van der Waals surface area contributed by atoms with Crippen LogP contribution in [0.5, 0.6) is 0 Å². The Labute approximate surface area is 152 Å². The van der Waals surface area contributed by atoms with Gasteiger partial charge in [-0.2, -0.15) is 0 Å². The number of carbonyl (C=O) groups excluding carboxylic acids is 3. The average Bonchev–Trinajstić information content (AvgIpc) is 2.64. The summed E-state index contributed by atoms with van der Waals surface area (Å²) in [5.74, 6) is -1.93. The van der Waals surface area contributed by atoms with Gasteiger partial charge in [0.25, 0.3) is 0 Å². The minimum Gasteiger partial charge on any atom is -0.347 e. The van der Waals surface area contributed by atoms with E-state index in [4.69, 9.17) is 11.5 Å². The number of rotatable bonds is 11. The highest BCUT2D eigenvalue weighted by Gasteiger charge is 2.22. The summed E-state index contributed by atoms with van der Waals surface area (Å²) in [6, 6.07) is 4.93. The Bertz CT molecular complexity index is 607. The molecular formula is C18H27FN4O3. The Morgan fingerprint density at radius 2 is 1.69 bits per heavy atom. The lowest BCUT2D eigenvalue weighted by molar-refractivity contribution is -0.129. The fourth-order valence-corrected chi connectivity index (χ4v) is 2.57. The fraction of sp³-hybridized carbons (Fsp3) is 0.500. The van der Waals surface area contributed by atoms with Crippen LogP contribution < -0.4 is 22.1 Å². The first kappa shape index (κ1) is 21.7. The van der Waals surface area contributed by atoms with Gasteiger partial charge in [-0.15, -0.1) is 0 Å². The lowest BCUT2D eigenvalue weighted by atomic mass is 9.95. The number of halogens is 1. The molecule has 0 aliphatic carbocycles. The Balaban J connectivity index is 2.64. The largest absolute Gasteiger partial charge is 0.347 e. The Hall–Kier alpha value is -2.32. The fourth-order valence-electron chi connectivity index (χ4n) is 2.57. The maximum Gasteiger partial charge on any atom is 0.239 e. The van der Waals surface area contributed by atoms with Crippen LogP contribution >= 0.6 is 0 Å². The molecule has 6 N–H and O–H groups in total. The summed E-state index contributed by atoms with van der Waals surface area (Å²) >= 11 is 0. The molecule has 0 heterocycles. The maximum absolute atomic E-state index is 13.1. The van der Waals surface area contributed by atoms with E-state index in [1.54, 1.807) is 6.92 Å². The molecule has 1 aromatic carbocycles. The van der Waals surface area contributed by atoms with E-state index in [0.717, 1.165) is 0 Å². The number of nitrogens with one attached hydrogen (secondary N) is 2. The minimum atomic E-state index is -0.647. The molecule has 0 aliphatic rings. The lowest BCUT2D eigenvalue weighted by Gasteiger charge is -2.18. The summed E-state index contributed by atoms with van der Waals surface area (Å²) in [6.07, 6.45) is 1.00. The number of Topliss-reactive ketones (excluding diaryl/α,β-unsaturated/α-hetero) is 1. The Kier molecular flexibility index (Phi) is 9.46. The van der Waals surface area contributed by atoms with Gasteiger partial charge in [0.15, 0.2) is 5.78 Å². The summed E-state index contributed by atoms with van der Waals surface area (Å²) in [6.45, 7) is 1.98. The van der Waals surface area contributed by atoms with Gasteiger partial charge < -0.3 is 22.1 Å². The molecule has 1 rings (SSSR count). The molecule has 0 fully saturated rings. The first-order valence-corrected chi connectivity index (χ1v) is 8.68. The zero-order chi connectivity index (χ0) is 19.5. The van der Waals surface area contributed by atoms with Crippen LogP contribution in [-0.2, 0) is 14.4 Å². The van der Waals surface area contributed by atoms with E-state index >= 15 is 0 Å². The van der Waals surface area contributed by atoms with Crippen LogP contribution in [0.25, 0.3) is 0 Å². The summed E-state index contributed by atoms with van der Waals surface area (Å²) in [7, 11) is 0. The second kappa shape index (κ2) is 11.3. The molecule has 2 amide bonds. The predicted molar refractivity (Wildman–Crippen MR) is 96.7 cm³/mol. The molecule has 0 saturated carbocycles. The number of nitrogens with two attached hydrogens (primary N) is 2. The second-order valence-corrected chi connectivity index (χ2v) is 5.92. The summed E-state index contributed by atoms with van der Waals surface area (Å²) in [5.41, 5.74) is 11.6. The first-order valence-electron chi connectivity index (χ1n) is 8.68. The number of hydrogen-bond donors (Lipinski definition) is 4. The molecule has 0 radical (unpaired) electrons. The summed E-state index contributed by atoms with van der Waals surface area (Å²) in [4.78, 5) is 36.2. The van der Waals surface area contributed by atoms with E-state index < -0.39 is 23.7 Å². The molecule has 2 unspecified atom stereocenters. The van der Waals surface area contributed by atoms with Crippen molar-refractivity contribution in [3.05, 3.63) is 35.6 Å². The second-order valence-electron chi connectivity index (χ2n) is 5.92. The monoisotopic (exact) mass is 366 g/mol. The van der Waals surface area contributed by atoms with Crippen LogP contribution in [0, 0.1) is 5.82 Å². The van der Waals surface area contributed by atoms with Gasteiger partial charge in [-0.05, 0) is 43.6 Å². The third-order valence-corrected chi connectivity index (χ3v) is 4.00. The molecule has 2 atom stereocenters. The van der Waals surface area contributed by atoms with Gasteiger partial charge in [0.2, 0.25) is 11.8 Å². The van der Waals surface area contributed by atoms with Gasteiger partial charge in [0.1, 0.15) is 5.82 Å². The number of carbonyl (C=O) groups is 3. The van der Waals surface area contributed by atoms with Gasteiger partial charge in [-0.25, -0.2) is 4.39 Å². The van der Waals surface area contributed by atoms with Gasteiger partial charge in [-0.1, -0.05) is 19.1 Å². The van der Waals surface area contributed by atoms with Crippen molar-refractivity contribution in [3.8, 4) is 0 Å². The van der Waals surface area contributed by atoms with Crippen molar-refractivity contribution in [3.63, 3.8) is 0 Å². The van der Waals surface area contributed by atoms with Crippen molar-refractivity contribution >= 4 is 17.6 Å². The zero-order valence-corrected chi connectivity index (χ0v) is 15.0. The van der Waals surface area contributed by atoms with Crippen LogP contribution in [0.3, 0.4) is 0 Å². The molecule has 7 nitrogen and oxygen atoms in total. The number of hydrogen-bond acceptors (Lipinski definition) is 5. The molecule has 0 saturated heterocycles. The van der Waals surface area contributed by atoms with E-state index in [1.165, 1.54) is 24.3 Å². The van der Waals surface area contributed by atoms with Crippen molar-refractivity contribution in [2.45, 2.75) is 38.1 Å². The Morgan fingerprint density at radius 3 is 2.23 bits per heavy atom. The highest BCUT2D eigenvalue weighted by atomic mass is 19.1. The summed E-state index contributed by atoms with van der Waals surface area (Å²) < 4.78 is 13.1. The van der Waals surface area contributed by atoms with Crippen LogP contribution in [0.4, 0.5) is 4.39 Å². The van der Waals surface area contributed by atoms with Crippen molar-refractivity contribution < 1.29 is 18.8 Å². The van der Waals surface area contributed by atoms with Crippen LogP contribution in [0.1, 0.15) is 37.7 Å². The van der Waals surface area contributed by atoms with E-state index in [-0.39, 0.29) is 31.3 Å².